The number of hydrogen-bond donors (Lipinski definition) is 1. The molecule has 0 spiro atoms. The summed E-state index contributed by atoms with van der Waals surface area (Å²) >= 11 is 1.16. The van der Waals surface area contributed by atoms with Crippen LogP contribution in [0, 0.1) is 18.3 Å². The predicted molar refractivity (Wildman–Crippen MR) is 97.1 cm³/mol. The van der Waals surface area contributed by atoms with Crippen molar-refractivity contribution in [3.63, 3.8) is 0 Å². The van der Waals surface area contributed by atoms with Crippen LogP contribution in [0.3, 0.4) is 0 Å². The van der Waals surface area contributed by atoms with Gasteiger partial charge in [0.2, 0.25) is 0 Å². The van der Waals surface area contributed by atoms with Crippen molar-refractivity contribution in [1.82, 2.24) is 9.55 Å². The molecule has 0 bridgehead atoms. The van der Waals surface area contributed by atoms with Gasteiger partial charge < -0.3 is 9.67 Å². The van der Waals surface area contributed by atoms with E-state index in [0.29, 0.717) is 22.3 Å². The van der Waals surface area contributed by atoms with E-state index < -0.39 is 5.97 Å². The normalized spacial score (nSPS) is 16.6. The summed E-state index contributed by atoms with van der Waals surface area (Å²) in [6.07, 6.45) is 3.32. The molecule has 126 valence electrons. The van der Waals surface area contributed by atoms with Crippen LogP contribution in [-0.4, -0.2) is 20.6 Å². The summed E-state index contributed by atoms with van der Waals surface area (Å²) in [5, 5.41) is 20.6. The third-order valence-electron chi connectivity index (χ3n) is 4.87. The minimum atomic E-state index is -0.962. The fourth-order valence-electron chi connectivity index (χ4n) is 3.76. The molecule has 0 aliphatic carbocycles. The quantitative estimate of drug-likeness (QED) is 0.735. The second-order valence-electron chi connectivity index (χ2n) is 6.56. The molecule has 25 heavy (non-hydrogen) atoms. The molecule has 5 nitrogen and oxygen atoms in total. The first kappa shape index (κ1) is 15.9. The number of carbonyl (C=O) groups is 1. The number of nitriles is 1. The van der Waals surface area contributed by atoms with Crippen molar-refractivity contribution in [3.8, 4) is 16.6 Å². The zero-order valence-corrected chi connectivity index (χ0v) is 14.9. The van der Waals surface area contributed by atoms with Gasteiger partial charge in [-0.05, 0) is 51.3 Å². The van der Waals surface area contributed by atoms with Crippen LogP contribution in [-0.2, 0) is 6.42 Å². The average molecular weight is 351 g/mol. The van der Waals surface area contributed by atoms with Crippen molar-refractivity contribution in [2.45, 2.75) is 39.2 Å². The number of carboxylic acid groups (broad SMARTS) is 1. The molecular weight excluding hydrogens is 334 g/mol. The van der Waals surface area contributed by atoms with Gasteiger partial charge in [0.05, 0.1) is 16.8 Å². The van der Waals surface area contributed by atoms with Crippen molar-refractivity contribution in [1.29, 1.82) is 5.26 Å². The molecule has 1 aromatic carbocycles. The summed E-state index contributed by atoms with van der Waals surface area (Å²) < 4.78 is 2.29. The van der Waals surface area contributed by atoms with Gasteiger partial charge in [-0.15, -0.1) is 11.3 Å². The summed E-state index contributed by atoms with van der Waals surface area (Å²) in [6.45, 7) is 3.90. The second-order valence-corrected chi connectivity index (χ2v) is 7.56. The van der Waals surface area contributed by atoms with E-state index in [9.17, 15) is 15.2 Å². The van der Waals surface area contributed by atoms with Crippen LogP contribution < -0.4 is 0 Å². The number of nitrogens with zero attached hydrogens (tertiary/aromatic N) is 3. The summed E-state index contributed by atoms with van der Waals surface area (Å²) in [4.78, 5) is 15.9. The number of hydrogen-bond acceptors (Lipinski definition) is 4. The second kappa shape index (κ2) is 5.71. The third-order valence-corrected chi connectivity index (χ3v) is 6.06. The maximum atomic E-state index is 11.3. The Balaban J connectivity index is 1.95. The standard InChI is InChI=1S/C19H17N3O2S/c1-10-4-3-5-15-8-12-6-13(7-14(9-20)16(12)22(10)15)18-21-11(2)17(25-18)19(23)24/h6-8,10H,3-5H2,1-2H3,(H,23,24)/t10-/m0/s1. The molecule has 4 rings (SSSR count). The number of aromatic nitrogens is 2. The number of thiazole rings is 1. The maximum Gasteiger partial charge on any atom is 0.347 e. The van der Waals surface area contributed by atoms with E-state index in [-0.39, 0.29) is 4.88 Å². The van der Waals surface area contributed by atoms with E-state index in [4.69, 9.17) is 0 Å². The smallest absolute Gasteiger partial charge is 0.347 e. The highest BCUT2D eigenvalue weighted by molar-refractivity contribution is 7.17. The van der Waals surface area contributed by atoms with Gasteiger partial charge in [0, 0.05) is 22.7 Å². The molecule has 1 N–H and O–H groups in total. The van der Waals surface area contributed by atoms with E-state index in [1.807, 2.05) is 12.1 Å². The number of benzene rings is 1. The fourth-order valence-corrected chi connectivity index (χ4v) is 4.65. The molecule has 1 aliphatic rings. The van der Waals surface area contributed by atoms with Crippen molar-refractivity contribution in [2.24, 2.45) is 0 Å². The van der Waals surface area contributed by atoms with Crippen molar-refractivity contribution < 1.29 is 9.90 Å². The highest BCUT2D eigenvalue weighted by Crippen LogP contribution is 2.37. The molecule has 1 atom stereocenters. The Hall–Kier alpha value is -2.65. The van der Waals surface area contributed by atoms with Gasteiger partial charge in [-0.1, -0.05) is 0 Å². The first-order valence-corrected chi connectivity index (χ1v) is 9.10. The third kappa shape index (κ3) is 2.43. The fraction of sp³-hybridized carbons (Fsp3) is 0.316. The average Bonchev–Trinajstić information content (AvgIpc) is 3.15. The van der Waals surface area contributed by atoms with Crippen molar-refractivity contribution in [3.05, 3.63) is 40.0 Å². The van der Waals surface area contributed by atoms with E-state index in [2.05, 4.69) is 28.6 Å². The summed E-state index contributed by atoms with van der Waals surface area (Å²) in [5.41, 5.74) is 4.19. The van der Waals surface area contributed by atoms with Gasteiger partial charge in [-0.3, -0.25) is 0 Å². The van der Waals surface area contributed by atoms with Gasteiger partial charge in [0.1, 0.15) is 16.0 Å². The van der Waals surface area contributed by atoms with Gasteiger partial charge >= 0.3 is 5.97 Å². The van der Waals surface area contributed by atoms with Crippen LogP contribution in [0.1, 0.15) is 52.4 Å². The van der Waals surface area contributed by atoms with Crippen molar-refractivity contribution in [2.75, 3.05) is 0 Å². The maximum absolute atomic E-state index is 11.3. The molecule has 0 fully saturated rings. The van der Waals surface area contributed by atoms with Crippen LogP contribution in [0.4, 0.5) is 0 Å². The lowest BCUT2D eigenvalue weighted by Gasteiger charge is -2.24. The molecule has 0 radical (unpaired) electrons. The molecule has 3 heterocycles. The van der Waals surface area contributed by atoms with E-state index >= 15 is 0 Å². The topological polar surface area (TPSA) is 78.9 Å². The Morgan fingerprint density at radius 2 is 2.24 bits per heavy atom. The van der Waals surface area contributed by atoms with Crippen molar-refractivity contribution >= 4 is 28.2 Å². The van der Waals surface area contributed by atoms with Crippen LogP contribution in [0.25, 0.3) is 21.5 Å². The number of aryl methyl sites for hydroxylation is 2. The zero-order valence-electron chi connectivity index (χ0n) is 14.0. The summed E-state index contributed by atoms with van der Waals surface area (Å²) in [6, 6.07) is 8.73. The molecule has 0 unspecified atom stereocenters. The Kier molecular flexibility index (Phi) is 3.62. The first-order valence-electron chi connectivity index (χ1n) is 8.28. The minimum Gasteiger partial charge on any atom is -0.477 e. The largest absolute Gasteiger partial charge is 0.477 e. The van der Waals surface area contributed by atoms with Crippen LogP contribution in [0.2, 0.25) is 0 Å². The monoisotopic (exact) mass is 351 g/mol. The Morgan fingerprint density at radius 1 is 1.44 bits per heavy atom. The molecular formula is C19H17N3O2S. The molecule has 0 saturated heterocycles. The summed E-state index contributed by atoms with van der Waals surface area (Å²) in [7, 11) is 0. The molecule has 3 aromatic rings. The Morgan fingerprint density at radius 3 is 2.92 bits per heavy atom. The molecule has 6 heteroatoms. The highest BCUT2D eigenvalue weighted by atomic mass is 32.1. The number of carboxylic acids is 1. The lowest BCUT2D eigenvalue weighted by molar-refractivity contribution is 0.0701. The Labute approximate surface area is 149 Å². The zero-order chi connectivity index (χ0) is 17.7. The lowest BCUT2D eigenvalue weighted by atomic mass is 10.0. The van der Waals surface area contributed by atoms with Gasteiger partial charge in [0.15, 0.2) is 0 Å². The van der Waals surface area contributed by atoms with E-state index in [1.165, 1.54) is 12.1 Å². The van der Waals surface area contributed by atoms with E-state index in [1.54, 1.807) is 6.92 Å². The van der Waals surface area contributed by atoms with Gasteiger partial charge in [-0.25, -0.2) is 9.78 Å². The van der Waals surface area contributed by atoms with Crippen LogP contribution >= 0.6 is 11.3 Å². The number of aromatic carboxylic acids is 1. The first-order chi connectivity index (χ1) is 12.0. The van der Waals surface area contributed by atoms with Gasteiger partial charge in [-0.2, -0.15) is 5.26 Å². The molecule has 1 aliphatic heterocycles. The Bertz CT molecular complexity index is 1050. The minimum absolute atomic E-state index is 0.249. The SMILES string of the molecule is Cc1nc(-c2cc(C#N)c3c(c2)cc2n3[C@@H](C)CCC2)sc1C(=O)O. The van der Waals surface area contributed by atoms with E-state index in [0.717, 1.165) is 40.6 Å². The number of rotatable bonds is 2. The molecule has 2 aromatic heterocycles. The van der Waals surface area contributed by atoms with Crippen LogP contribution in [0.15, 0.2) is 18.2 Å². The summed E-state index contributed by atoms with van der Waals surface area (Å²) in [5.74, 6) is -0.962. The number of fused-ring (bicyclic) bond motifs is 3. The molecule has 0 amide bonds. The highest BCUT2D eigenvalue weighted by Gasteiger charge is 2.22. The predicted octanol–water partition coefficient (Wildman–Crippen LogP) is 4.54. The molecule has 0 saturated carbocycles. The van der Waals surface area contributed by atoms with Gasteiger partial charge in [0.25, 0.3) is 0 Å². The lowest BCUT2D eigenvalue weighted by Crippen LogP contribution is -2.14. The van der Waals surface area contributed by atoms with Crippen LogP contribution in [0.5, 0.6) is 0 Å².